The summed E-state index contributed by atoms with van der Waals surface area (Å²) in [6.45, 7) is 1.32. The summed E-state index contributed by atoms with van der Waals surface area (Å²) >= 11 is 13.8. The molecule has 1 fully saturated rings. The van der Waals surface area contributed by atoms with Gasteiger partial charge >= 0.3 is 5.69 Å². The van der Waals surface area contributed by atoms with Gasteiger partial charge in [0.1, 0.15) is 0 Å². The zero-order chi connectivity index (χ0) is 21.5. The van der Waals surface area contributed by atoms with Crippen molar-refractivity contribution in [2.45, 2.75) is 25.3 Å². The van der Waals surface area contributed by atoms with Crippen molar-refractivity contribution in [2.24, 2.45) is 5.73 Å². The number of hydrogen-bond acceptors (Lipinski definition) is 8. The highest BCUT2D eigenvalue weighted by atomic mass is 35.5. The zero-order valence-electron chi connectivity index (χ0n) is 16.2. The highest BCUT2D eigenvalue weighted by Crippen LogP contribution is 2.27. The molecule has 1 saturated heterocycles. The number of aromatic nitrogens is 3. The second kappa shape index (κ2) is 10.9. The highest BCUT2D eigenvalue weighted by molar-refractivity contribution is 7.99. The van der Waals surface area contributed by atoms with Crippen molar-refractivity contribution in [3.05, 3.63) is 38.7 Å². The van der Waals surface area contributed by atoms with Crippen LogP contribution in [-0.4, -0.2) is 56.5 Å². The molecule has 1 aliphatic rings. The third-order valence-electron chi connectivity index (χ3n) is 4.44. The van der Waals surface area contributed by atoms with E-state index in [-0.39, 0.29) is 17.8 Å². The van der Waals surface area contributed by atoms with Gasteiger partial charge in [-0.3, -0.25) is 9.78 Å². The maximum Gasteiger partial charge on any atom is 0.351 e. The Hall–Kier alpha value is -2.01. The second-order valence-corrected chi connectivity index (χ2v) is 8.66. The molecular formula is C18H23Cl2N7O2S. The van der Waals surface area contributed by atoms with E-state index < -0.39 is 11.7 Å². The number of aromatic amines is 1. The average Bonchev–Trinajstić information content (AvgIpc) is 3.24. The first-order valence-corrected chi connectivity index (χ1v) is 11.4. The first kappa shape index (κ1) is 22.7. The van der Waals surface area contributed by atoms with Gasteiger partial charge in [0, 0.05) is 23.9 Å². The molecule has 2 heterocycles. The largest absolute Gasteiger partial charge is 0.354 e. The number of nitrogens with two attached hydrogens (primary N) is 1. The summed E-state index contributed by atoms with van der Waals surface area (Å²) in [7, 11) is 0. The average molecular weight is 472 g/mol. The molecule has 0 radical (unpaired) electrons. The van der Waals surface area contributed by atoms with Gasteiger partial charge in [0.2, 0.25) is 17.8 Å². The molecule has 2 aromatic rings. The lowest BCUT2D eigenvalue weighted by Crippen LogP contribution is -2.42. The Balaban J connectivity index is 1.47. The summed E-state index contributed by atoms with van der Waals surface area (Å²) in [5, 5.41) is 6.88. The van der Waals surface area contributed by atoms with Gasteiger partial charge in [-0.1, -0.05) is 23.2 Å². The maximum atomic E-state index is 12.2. The van der Waals surface area contributed by atoms with Crippen LogP contribution in [0.1, 0.15) is 19.3 Å². The molecule has 9 nitrogen and oxygen atoms in total. The van der Waals surface area contributed by atoms with E-state index in [2.05, 4.69) is 25.6 Å². The second-order valence-electron chi connectivity index (χ2n) is 6.74. The first-order chi connectivity index (χ1) is 14.4. The normalized spacial score (nSPS) is 14.6. The van der Waals surface area contributed by atoms with Crippen molar-refractivity contribution in [3.63, 3.8) is 0 Å². The van der Waals surface area contributed by atoms with Gasteiger partial charge in [0.25, 0.3) is 0 Å². The molecule has 162 valence electrons. The van der Waals surface area contributed by atoms with Gasteiger partial charge < -0.3 is 21.3 Å². The number of nitrogens with one attached hydrogen (secondary N) is 3. The standard InChI is InChI=1S/C18H23Cl2N7O2S/c19-11-4-5-12(20)14(9-11)23-17-24-16(25-18(29)26-17)22-6-2-1-3-13(21)15(28)27-7-8-30-10-27/h4-5,9,13H,1-3,6-8,10,21H2,(H3,22,23,24,25,26,29)/t13-/m0/s1. The first-order valence-electron chi connectivity index (χ1n) is 9.49. The van der Waals surface area contributed by atoms with Crippen molar-refractivity contribution in [1.29, 1.82) is 0 Å². The van der Waals surface area contributed by atoms with Crippen LogP contribution in [0.5, 0.6) is 0 Å². The van der Waals surface area contributed by atoms with E-state index in [1.165, 1.54) is 0 Å². The lowest BCUT2D eigenvalue weighted by atomic mass is 10.1. The Bertz CT molecular complexity index is 937. The number of nitrogens with zero attached hydrogens (tertiary/aromatic N) is 3. The van der Waals surface area contributed by atoms with Crippen molar-refractivity contribution in [3.8, 4) is 0 Å². The SMILES string of the molecule is N[C@@H](CCCCNc1nc(Nc2cc(Cl)ccc2Cl)[nH]c(=O)n1)C(=O)N1CCSC1. The fourth-order valence-corrected chi connectivity index (χ4v) is 4.17. The van der Waals surface area contributed by atoms with Crippen LogP contribution < -0.4 is 22.1 Å². The van der Waals surface area contributed by atoms with Gasteiger partial charge in [-0.2, -0.15) is 9.97 Å². The summed E-state index contributed by atoms with van der Waals surface area (Å²) in [6, 6.07) is 4.46. The van der Waals surface area contributed by atoms with E-state index in [0.717, 1.165) is 31.0 Å². The van der Waals surface area contributed by atoms with Gasteiger partial charge in [-0.05, 0) is 37.5 Å². The quantitative estimate of drug-likeness (QED) is 0.410. The molecule has 1 aromatic heterocycles. The fourth-order valence-electron chi connectivity index (χ4n) is 2.88. The summed E-state index contributed by atoms with van der Waals surface area (Å²) in [5.41, 5.74) is 5.97. The predicted molar refractivity (Wildman–Crippen MR) is 122 cm³/mol. The minimum atomic E-state index is -0.552. The third-order valence-corrected chi connectivity index (χ3v) is 5.97. The van der Waals surface area contributed by atoms with Gasteiger partial charge in [0.05, 0.1) is 22.6 Å². The molecule has 1 aliphatic heterocycles. The number of amides is 1. The third kappa shape index (κ3) is 6.49. The van der Waals surface area contributed by atoms with E-state index in [9.17, 15) is 9.59 Å². The lowest BCUT2D eigenvalue weighted by Gasteiger charge is -2.19. The molecule has 1 aromatic carbocycles. The van der Waals surface area contributed by atoms with E-state index in [4.69, 9.17) is 28.9 Å². The van der Waals surface area contributed by atoms with Gasteiger partial charge in [-0.25, -0.2) is 4.79 Å². The Morgan fingerprint density at radius 1 is 1.33 bits per heavy atom. The van der Waals surface area contributed by atoms with Crippen molar-refractivity contribution < 1.29 is 4.79 Å². The summed E-state index contributed by atoms with van der Waals surface area (Å²) in [5.74, 6) is 2.09. The Labute approximate surface area is 188 Å². The zero-order valence-corrected chi connectivity index (χ0v) is 18.5. The van der Waals surface area contributed by atoms with E-state index in [1.54, 1.807) is 34.9 Å². The number of carbonyl (C=O) groups excluding carboxylic acids is 1. The molecule has 1 atom stereocenters. The molecule has 0 spiro atoms. The number of carbonyl (C=O) groups is 1. The molecule has 0 aliphatic carbocycles. The lowest BCUT2D eigenvalue weighted by molar-refractivity contribution is -0.131. The molecule has 12 heteroatoms. The van der Waals surface area contributed by atoms with Crippen LogP contribution >= 0.6 is 35.0 Å². The van der Waals surface area contributed by atoms with Crippen molar-refractivity contribution in [2.75, 3.05) is 35.4 Å². The monoisotopic (exact) mass is 471 g/mol. The molecule has 0 bridgehead atoms. The van der Waals surface area contributed by atoms with E-state index in [0.29, 0.717) is 28.7 Å². The predicted octanol–water partition coefficient (Wildman–Crippen LogP) is 2.66. The summed E-state index contributed by atoms with van der Waals surface area (Å²) < 4.78 is 0. The van der Waals surface area contributed by atoms with E-state index >= 15 is 0 Å². The smallest absolute Gasteiger partial charge is 0.351 e. The van der Waals surface area contributed by atoms with Crippen LogP contribution in [0, 0.1) is 0 Å². The molecular weight excluding hydrogens is 449 g/mol. The van der Waals surface area contributed by atoms with Crippen LogP contribution in [0.4, 0.5) is 17.6 Å². The number of unbranched alkanes of at least 4 members (excludes halogenated alkanes) is 1. The number of halogens is 2. The molecule has 5 N–H and O–H groups in total. The molecule has 0 saturated carbocycles. The van der Waals surface area contributed by atoms with Crippen LogP contribution in [0.25, 0.3) is 0 Å². The van der Waals surface area contributed by atoms with Crippen molar-refractivity contribution >= 4 is 58.5 Å². The number of benzene rings is 1. The maximum absolute atomic E-state index is 12.2. The van der Waals surface area contributed by atoms with Gasteiger partial charge in [-0.15, -0.1) is 11.8 Å². The Kier molecular flexibility index (Phi) is 8.20. The highest BCUT2D eigenvalue weighted by Gasteiger charge is 2.23. The fraction of sp³-hybridized carbons (Fsp3) is 0.444. The van der Waals surface area contributed by atoms with Crippen molar-refractivity contribution in [1.82, 2.24) is 19.9 Å². The number of hydrogen-bond donors (Lipinski definition) is 4. The minimum absolute atomic E-state index is 0.0151. The van der Waals surface area contributed by atoms with Crippen LogP contribution in [0.2, 0.25) is 10.0 Å². The Morgan fingerprint density at radius 2 is 2.17 bits per heavy atom. The van der Waals surface area contributed by atoms with Crippen LogP contribution in [0.3, 0.4) is 0 Å². The topological polar surface area (TPSA) is 129 Å². The molecule has 1 amide bonds. The molecule has 3 rings (SSSR count). The number of anilines is 3. The minimum Gasteiger partial charge on any atom is -0.354 e. The molecule has 0 unspecified atom stereocenters. The van der Waals surface area contributed by atoms with E-state index in [1.807, 2.05) is 0 Å². The number of thioether (sulfide) groups is 1. The summed E-state index contributed by atoms with van der Waals surface area (Å²) in [4.78, 5) is 36.4. The van der Waals surface area contributed by atoms with Crippen LogP contribution in [0.15, 0.2) is 23.0 Å². The number of rotatable bonds is 9. The Morgan fingerprint density at radius 3 is 2.93 bits per heavy atom. The van der Waals surface area contributed by atoms with Gasteiger partial charge in [0.15, 0.2) is 0 Å². The molecule has 30 heavy (non-hydrogen) atoms. The summed E-state index contributed by atoms with van der Waals surface area (Å²) in [6.07, 6.45) is 2.14. The van der Waals surface area contributed by atoms with Crippen LogP contribution in [-0.2, 0) is 4.79 Å². The number of H-pyrrole nitrogens is 1.